The summed E-state index contributed by atoms with van der Waals surface area (Å²) in [6.07, 6.45) is -1.58. The number of nitrogens with zero attached hydrogens (tertiary/aromatic N) is 1. The van der Waals surface area contributed by atoms with Crippen LogP contribution >= 0.6 is 0 Å². The summed E-state index contributed by atoms with van der Waals surface area (Å²) in [5, 5.41) is 61.4. The molecule has 0 radical (unpaired) electrons. The maximum absolute atomic E-state index is 10.9. The first-order valence-electron chi connectivity index (χ1n) is 11.8. The molecule has 0 amide bonds. The maximum atomic E-state index is 10.9. The Morgan fingerprint density at radius 1 is 0.889 bits per heavy atom. The minimum Gasteiger partial charge on any atom is -0.508 e. The molecule has 0 fully saturated rings. The van der Waals surface area contributed by atoms with Gasteiger partial charge in [0.2, 0.25) is 0 Å². The number of carboxylic acid groups (broad SMARTS) is 1. The molecular formula is C27H42N2O7. The van der Waals surface area contributed by atoms with Gasteiger partial charge in [-0.15, -0.1) is 0 Å². The van der Waals surface area contributed by atoms with Crippen LogP contribution < -0.4 is 5.32 Å². The van der Waals surface area contributed by atoms with Crippen molar-refractivity contribution in [1.29, 1.82) is 0 Å². The van der Waals surface area contributed by atoms with E-state index in [4.69, 9.17) is 9.90 Å². The van der Waals surface area contributed by atoms with Gasteiger partial charge in [0.05, 0.1) is 18.8 Å². The second-order valence-corrected chi connectivity index (χ2v) is 10.8. The molecule has 0 aliphatic heterocycles. The van der Waals surface area contributed by atoms with Crippen LogP contribution in [0.25, 0.3) is 0 Å². The van der Waals surface area contributed by atoms with Gasteiger partial charge in [-0.2, -0.15) is 0 Å². The number of carbonyl (C=O) groups is 1. The highest BCUT2D eigenvalue weighted by Crippen LogP contribution is 2.29. The zero-order chi connectivity index (χ0) is 27.7. The van der Waals surface area contributed by atoms with Gasteiger partial charge in [0.25, 0.3) is 6.47 Å². The lowest BCUT2D eigenvalue weighted by Gasteiger charge is -2.37. The number of aliphatic hydroxyl groups excluding tert-OH is 3. The Bertz CT molecular complexity index is 968. The molecule has 7 N–H and O–H groups in total. The minimum absolute atomic E-state index is 0.0117. The first-order valence-corrected chi connectivity index (χ1v) is 11.8. The fourth-order valence-corrected chi connectivity index (χ4v) is 3.49. The highest BCUT2D eigenvalue weighted by molar-refractivity contribution is 5.38. The van der Waals surface area contributed by atoms with Crippen LogP contribution in [-0.2, 0) is 17.9 Å². The molecule has 0 aliphatic carbocycles. The minimum atomic E-state index is -0.859. The second-order valence-electron chi connectivity index (χ2n) is 10.8. The predicted molar refractivity (Wildman–Crippen MR) is 139 cm³/mol. The van der Waals surface area contributed by atoms with Gasteiger partial charge in [-0.05, 0) is 76.9 Å². The second kappa shape index (κ2) is 13.6. The number of rotatable bonds is 9. The molecule has 0 bridgehead atoms. The van der Waals surface area contributed by atoms with Crippen LogP contribution in [0.15, 0.2) is 36.4 Å². The number of phenols is 2. The van der Waals surface area contributed by atoms with E-state index in [9.17, 15) is 25.5 Å². The molecule has 202 valence electrons. The number of aromatic hydroxyl groups is 2. The van der Waals surface area contributed by atoms with Gasteiger partial charge in [0, 0.05) is 41.8 Å². The van der Waals surface area contributed by atoms with E-state index in [0.717, 1.165) is 0 Å². The van der Waals surface area contributed by atoms with E-state index in [1.54, 1.807) is 30.3 Å². The topological polar surface area (TPSA) is 154 Å². The molecule has 0 heterocycles. The number of phenolic OH excluding ortho intramolecular Hbond substituents is 1. The molecule has 0 saturated carbocycles. The van der Waals surface area contributed by atoms with Gasteiger partial charge in [-0.25, -0.2) is 0 Å². The summed E-state index contributed by atoms with van der Waals surface area (Å²) in [7, 11) is 0. The van der Waals surface area contributed by atoms with E-state index in [1.807, 2.05) is 46.4 Å². The Hall–Kier alpha value is -2.69. The Morgan fingerprint density at radius 2 is 1.36 bits per heavy atom. The van der Waals surface area contributed by atoms with Crippen molar-refractivity contribution in [2.24, 2.45) is 0 Å². The first-order chi connectivity index (χ1) is 16.6. The van der Waals surface area contributed by atoms with Gasteiger partial charge in [-0.3, -0.25) is 9.69 Å². The van der Waals surface area contributed by atoms with Crippen LogP contribution in [0.1, 0.15) is 76.0 Å². The van der Waals surface area contributed by atoms with E-state index in [2.05, 4.69) is 5.32 Å². The van der Waals surface area contributed by atoms with E-state index in [0.29, 0.717) is 35.3 Å². The van der Waals surface area contributed by atoms with Crippen LogP contribution in [0.5, 0.6) is 11.5 Å². The Balaban J connectivity index is 0.00000205. The van der Waals surface area contributed by atoms with Crippen molar-refractivity contribution >= 4 is 6.47 Å². The maximum Gasteiger partial charge on any atom is 0.290 e. The van der Waals surface area contributed by atoms with Crippen molar-refractivity contribution in [2.45, 2.75) is 78.0 Å². The summed E-state index contributed by atoms with van der Waals surface area (Å²) in [5.41, 5.74) is 1.87. The third kappa shape index (κ3) is 10.1. The quantitative estimate of drug-likeness (QED) is 0.254. The van der Waals surface area contributed by atoms with Crippen molar-refractivity contribution in [3.05, 3.63) is 58.7 Å². The zero-order valence-corrected chi connectivity index (χ0v) is 22.1. The lowest BCUT2D eigenvalue weighted by Crippen LogP contribution is -2.43. The van der Waals surface area contributed by atoms with Gasteiger partial charge < -0.3 is 36.0 Å². The molecule has 2 unspecified atom stereocenters. The highest BCUT2D eigenvalue weighted by Gasteiger charge is 2.26. The third-order valence-corrected chi connectivity index (χ3v) is 5.68. The molecule has 2 aromatic rings. The Kier molecular flexibility index (Phi) is 11.8. The Morgan fingerprint density at radius 3 is 1.83 bits per heavy atom. The molecule has 9 heteroatoms. The lowest BCUT2D eigenvalue weighted by molar-refractivity contribution is -0.122. The van der Waals surface area contributed by atoms with Gasteiger partial charge in [0.15, 0.2) is 0 Å². The SMILES string of the molecule is CC(C)(C)NCC(O)c1ccc(O)c(CN(CC(O)c2ccc(O)c(CO)c2)C(C)(C)C)c1.O=CO. The standard InChI is InChI=1S/C26H40N2O5.CH2O2/c1-25(2,3)27-13-23(32)17-7-9-21(30)19(11-17)14-28(26(4,5)6)15-24(33)18-8-10-22(31)20(12-18)16-29;2-1-3/h7-12,23-24,27,29-33H,13-16H2,1-6H3;1H,(H,2,3). The van der Waals surface area contributed by atoms with Gasteiger partial charge in [-0.1, -0.05) is 12.1 Å². The number of nitrogens with one attached hydrogen (secondary N) is 1. The smallest absolute Gasteiger partial charge is 0.290 e. The van der Waals surface area contributed by atoms with Crippen molar-refractivity contribution in [3.63, 3.8) is 0 Å². The number of aliphatic hydroxyl groups is 3. The van der Waals surface area contributed by atoms with Crippen molar-refractivity contribution in [2.75, 3.05) is 13.1 Å². The lowest BCUT2D eigenvalue weighted by atomic mass is 9.98. The molecular weight excluding hydrogens is 464 g/mol. The average Bonchev–Trinajstić information content (AvgIpc) is 2.78. The predicted octanol–water partition coefficient (Wildman–Crippen LogP) is 3.05. The summed E-state index contributed by atoms with van der Waals surface area (Å²) in [6, 6.07) is 9.81. The van der Waals surface area contributed by atoms with E-state index in [1.165, 1.54) is 6.07 Å². The molecule has 2 rings (SSSR count). The fourth-order valence-electron chi connectivity index (χ4n) is 3.49. The normalized spacial score (nSPS) is 13.6. The zero-order valence-electron chi connectivity index (χ0n) is 22.1. The highest BCUT2D eigenvalue weighted by atomic mass is 16.3. The van der Waals surface area contributed by atoms with E-state index >= 15 is 0 Å². The molecule has 0 spiro atoms. The number of hydrogen-bond donors (Lipinski definition) is 7. The Labute approximate surface area is 213 Å². The van der Waals surface area contributed by atoms with Crippen LogP contribution in [0.4, 0.5) is 0 Å². The van der Waals surface area contributed by atoms with Gasteiger partial charge in [0.1, 0.15) is 11.5 Å². The van der Waals surface area contributed by atoms with Crippen LogP contribution in [0.3, 0.4) is 0 Å². The molecule has 0 aromatic heterocycles. The first kappa shape index (κ1) is 31.3. The number of hydrogen-bond acceptors (Lipinski definition) is 8. The molecule has 0 saturated heterocycles. The van der Waals surface area contributed by atoms with Crippen LogP contribution in [-0.4, -0.2) is 66.2 Å². The monoisotopic (exact) mass is 506 g/mol. The van der Waals surface area contributed by atoms with Crippen molar-refractivity contribution < 1.29 is 35.4 Å². The summed E-state index contributed by atoms with van der Waals surface area (Å²) in [6.45, 7) is 12.6. The summed E-state index contributed by atoms with van der Waals surface area (Å²) < 4.78 is 0. The van der Waals surface area contributed by atoms with Crippen molar-refractivity contribution in [1.82, 2.24) is 10.2 Å². The number of benzene rings is 2. The molecule has 0 aliphatic rings. The number of β-amino-alcohol motifs (C(OH)–C–C–N with tert-alkyl or cyclic N) is 2. The third-order valence-electron chi connectivity index (χ3n) is 5.68. The van der Waals surface area contributed by atoms with Gasteiger partial charge >= 0.3 is 0 Å². The van der Waals surface area contributed by atoms with Crippen molar-refractivity contribution in [3.8, 4) is 11.5 Å². The van der Waals surface area contributed by atoms with E-state index < -0.39 is 12.2 Å². The summed E-state index contributed by atoms with van der Waals surface area (Å²) >= 11 is 0. The summed E-state index contributed by atoms with van der Waals surface area (Å²) in [4.78, 5) is 10.4. The van der Waals surface area contributed by atoms with Crippen LogP contribution in [0, 0.1) is 0 Å². The fraction of sp³-hybridized carbons (Fsp3) is 0.519. The molecule has 9 nitrogen and oxygen atoms in total. The molecule has 36 heavy (non-hydrogen) atoms. The molecule has 2 aromatic carbocycles. The van der Waals surface area contributed by atoms with Crippen LogP contribution in [0.2, 0.25) is 0 Å². The average molecular weight is 507 g/mol. The largest absolute Gasteiger partial charge is 0.508 e. The van der Waals surface area contributed by atoms with E-state index in [-0.39, 0.29) is 42.2 Å². The summed E-state index contributed by atoms with van der Waals surface area (Å²) in [5.74, 6) is 0.119. The molecule has 2 atom stereocenters.